The van der Waals surface area contributed by atoms with Gasteiger partial charge in [-0.25, -0.2) is 4.99 Å². The molecule has 0 fully saturated rings. The molecular weight excluding hydrogens is 593 g/mol. The zero-order valence-corrected chi connectivity index (χ0v) is 27.4. The highest BCUT2D eigenvalue weighted by Gasteiger charge is 2.26. The van der Waals surface area contributed by atoms with Gasteiger partial charge in [-0.1, -0.05) is 164 Å². The number of hydrogen-bond donors (Lipinski definition) is 0. The predicted molar refractivity (Wildman–Crippen MR) is 206 cm³/mol. The number of hydrogen-bond acceptors (Lipinski definition) is 2. The van der Waals surface area contributed by atoms with Crippen molar-refractivity contribution in [3.63, 3.8) is 0 Å². The Labute approximate surface area is 289 Å². The van der Waals surface area contributed by atoms with Crippen LogP contribution in [0.5, 0.6) is 0 Å². The average Bonchev–Trinajstić information content (AvgIpc) is 3.19. The number of benzene rings is 7. The molecule has 1 heterocycles. The molecule has 0 radical (unpaired) electrons. The zero-order valence-electron chi connectivity index (χ0n) is 27.4. The van der Waals surface area contributed by atoms with Crippen LogP contribution >= 0.6 is 0 Å². The lowest BCUT2D eigenvalue weighted by Crippen LogP contribution is -2.33. The summed E-state index contributed by atoms with van der Waals surface area (Å²) in [5.41, 5.74) is 14.0. The molecule has 0 spiro atoms. The van der Waals surface area contributed by atoms with E-state index in [1.807, 2.05) is 0 Å². The van der Waals surface area contributed by atoms with Gasteiger partial charge in [-0.05, 0) is 80.4 Å². The summed E-state index contributed by atoms with van der Waals surface area (Å²) < 4.78 is 0. The summed E-state index contributed by atoms with van der Waals surface area (Å²) in [6, 6.07) is 67.0. The van der Waals surface area contributed by atoms with Gasteiger partial charge in [0.15, 0.2) is 0 Å². The molecule has 0 saturated heterocycles. The third-order valence-electron chi connectivity index (χ3n) is 9.32. The second-order valence-electron chi connectivity index (χ2n) is 12.5. The third kappa shape index (κ3) is 6.37. The van der Waals surface area contributed by atoms with Crippen molar-refractivity contribution in [2.24, 2.45) is 4.99 Å². The predicted octanol–water partition coefficient (Wildman–Crippen LogP) is 11.8. The molecule has 1 aliphatic heterocycles. The molecule has 0 N–H and O–H groups in total. The summed E-state index contributed by atoms with van der Waals surface area (Å²) in [6.45, 7) is 0. The van der Waals surface area contributed by atoms with E-state index in [1.54, 1.807) is 0 Å². The minimum atomic E-state index is -0.00923. The van der Waals surface area contributed by atoms with Crippen LogP contribution in [0.3, 0.4) is 0 Å². The lowest BCUT2D eigenvalue weighted by atomic mass is 9.93. The Bertz CT molecular complexity index is 2290. The molecule has 0 saturated carbocycles. The molecule has 7 aromatic carbocycles. The summed E-state index contributed by atoms with van der Waals surface area (Å²) in [4.78, 5) is 7.61. The molecule has 234 valence electrons. The third-order valence-corrected chi connectivity index (χ3v) is 9.32. The SMILES string of the molecule is CN1C(c2ccccc2)=NC(c2cccc(-c3cccc(-c4ccccc4)c3)c2)=CC1c1cccc(-c2cccc(-c3ccccc3)c2)c1. The number of amidine groups is 1. The average molecular weight is 629 g/mol. The standard InChI is InChI=1S/C47H36N2/c1-49-46(44-28-14-26-42(32-44)40-24-12-22-38(30-40)35-17-7-3-8-18-35)33-45(48-47(49)36-19-9-4-10-20-36)43-27-13-25-41(31-43)39-23-11-21-37(29-39)34-15-5-2-6-16-34/h2-33,46H,1H3. The molecule has 1 aliphatic rings. The van der Waals surface area contributed by atoms with Crippen LogP contribution in [-0.2, 0) is 0 Å². The van der Waals surface area contributed by atoms with Crippen LogP contribution in [-0.4, -0.2) is 17.8 Å². The first-order chi connectivity index (χ1) is 24.2. The largest absolute Gasteiger partial charge is 0.349 e. The smallest absolute Gasteiger partial charge is 0.137 e. The van der Waals surface area contributed by atoms with Crippen molar-refractivity contribution in [1.29, 1.82) is 0 Å². The Kier molecular flexibility index (Phi) is 8.27. The fourth-order valence-corrected chi connectivity index (χ4v) is 6.74. The summed E-state index contributed by atoms with van der Waals surface area (Å²) in [7, 11) is 2.15. The van der Waals surface area contributed by atoms with Gasteiger partial charge in [0, 0.05) is 18.2 Å². The lowest BCUT2D eigenvalue weighted by Gasteiger charge is -2.33. The van der Waals surface area contributed by atoms with E-state index in [1.165, 1.54) is 50.1 Å². The molecule has 0 amide bonds. The van der Waals surface area contributed by atoms with Gasteiger partial charge in [0.1, 0.15) is 5.84 Å². The van der Waals surface area contributed by atoms with Crippen LogP contribution in [0.2, 0.25) is 0 Å². The fraction of sp³-hybridized carbons (Fsp3) is 0.0426. The van der Waals surface area contributed by atoms with E-state index in [2.05, 4.69) is 206 Å². The highest BCUT2D eigenvalue weighted by molar-refractivity contribution is 6.03. The minimum absolute atomic E-state index is 0.00923. The lowest BCUT2D eigenvalue weighted by molar-refractivity contribution is 0.435. The highest BCUT2D eigenvalue weighted by atomic mass is 15.2. The van der Waals surface area contributed by atoms with Crippen LogP contribution in [0.1, 0.15) is 22.7 Å². The van der Waals surface area contributed by atoms with E-state index in [0.717, 1.165) is 22.7 Å². The Morgan fingerprint density at radius 3 is 1.24 bits per heavy atom. The second kappa shape index (κ2) is 13.5. The molecule has 1 unspecified atom stereocenters. The molecule has 1 atom stereocenters. The fourth-order valence-electron chi connectivity index (χ4n) is 6.74. The molecule has 8 rings (SSSR count). The van der Waals surface area contributed by atoms with Crippen molar-refractivity contribution < 1.29 is 0 Å². The second-order valence-corrected chi connectivity index (χ2v) is 12.5. The summed E-state index contributed by atoms with van der Waals surface area (Å²) >= 11 is 0. The van der Waals surface area contributed by atoms with Crippen molar-refractivity contribution in [1.82, 2.24) is 4.90 Å². The van der Waals surface area contributed by atoms with Crippen LogP contribution in [0, 0.1) is 0 Å². The number of nitrogens with zero attached hydrogens (tertiary/aromatic N) is 2. The monoisotopic (exact) mass is 628 g/mol. The van der Waals surface area contributed by atoms with Gasteiger partial charge in [0.05, 0.1) is 11.7 Å². The van der Waals surface area contributed by atoms with Gasteiger partial charge in [0.25, 0.3) is 0 Å². The van der Waals surface area contributed by atoms with Gasteiger partial charge in [-0.2, -0.15) is 0 Å². The van der Waals surface area contributed by atoms with Gasteiger partial charge in [-0.3, -0.25) is 0 Å². The van der Waals surface area contributed by atoms with E-state index < -0.39 is 0 Å². The van der Waals surface area contributed by atoms with Gasteiger partial charge in [0.2, 0.25) is 0 Å². The summed E-state index contributed by atoms with van der Waals surface area (Å²) in [6.07, 6.45) is 2.31. The van der Waals surface area contributed by atoms with Gasteiger partial charge >= 0.3 is 0 Å². The van der Waals surface area contributed by atoms with Crippen molar-refractivity contribution in [3.05, 3.63) is 211 Å². The molecular formula is C47H36N2. The molecule has 2 nitrogen and oxygen atoms in total. The summed E-state index contributed by atoms with van der Waals surface area (Å²) in [5.74, 6) is 0.955. The number of rotatable bonds is 7. The van der Waals surface area contributed by atoms with Crippen molar-refractivity contribution in [2.75, 3.05) is 7.05 Å². The van der Waals surface area contributed by atoms with E-state index >= 15 is 0 Å². The van der Waals surface area contributed by atoms with Gasteiger partial charge < -0.3 is 4.90 Å². The topological polar surface area (TPSA) is 15.6 Å². The Balaban J connectivity index is 1.19. The van der Waals surface area contributed by atoms with E-state index in [4.69, 9.17) is 4.99 Å². The zero-order chi connectivity index (χ0) is 33.0. The molecule has 7 aromatic rings. The quantitative estimate of drug-likeness (QED) is 0.171. The van der Waals surface area contributed by atoms with Crippen LogP contribution in [0.25, 0.3) is 50.2 Å². The molecule has 0 aliphatic carbocycles. The first kappa shape index (κ1) is 30.1. The first-order valence-electron chi connectivity index (χ1n) is 16.8. The maximum absolute atomic E-state index is 5.31. The first-order valence-corrected chi connectivity index (χ1v) is 16.8. The molecule has 0 aromatic heterocycles. The van der Waals surface area contributed by atoms with E-state index in [-0.39, 0.29) is 6.04 Å². The molecule has 0 bridgehead atoms. The number of likely N-dealkylation sites (N-methyl/N-ethyl adjacent to an activating group) is 1. The molecule has 49 heavy (non-hydrogen) atoms. The van der Waals surface area contributed by atoms with Crippen molar-refractivity contribution in [3.8, 4) is 44.5 Å². The summed E-state index contributed by atoms with van der Waals surface area (Å²) in [5, 5.41) is 0. The van der Waals surface area contributed by atoms with Crippen molar-refractivity contribution in [2.45, 2.75) is 6.04 Å². The maximum Gasteiger partial charge on any atom is 0.137 e. The minimum Gasteiger partial charge on any atom is -0.349 e. The van der Waals surface area contributed by atoms with Crippen LogP contribution in [0.15, 0.2) is 199 Å². The van der Waals surface area contributed by atoms with Gasteiger partial charge in [-0.15, -0.1) is 0 Å². The molecule has 2 heteroatoms. The Morgan fingerprint density at radius 2 is 0.735 bits per heavy atom. The highest BCUT2D eigenvalue weighted by Crippen LogP contribution is 2.36. The van der Waals surface area contributed by atoms with E-state index in [9.17, 15) is 0 Å². The normalized spacial score (nSPS) is 14.2. The Morgan fingerprint density at radius 1 is 0.367 bits per heavy atom. The number of aliphatic imine (C=N–C) groups is 1. The van der Waals surface area contributed by atoms with Crippen molar-refractivity contribution >= 4 is 11.5 Å². The maximum atomic E-state index is 5.31. The Hall–Kier alpha value is -6.25. The van der Waals surface area contributed by atoms with E-state index in [0.29, 0.717) is 0 Å². The van der Waals surface area contributed by atoms with Crippen LogP contribution in [0.4, 0.5) is 0 Å². The van der Waals surface area contributed by atoms with Crippen LogP contribution < -0.4 is 0 Å².